The second kappa shape index (κ2) is 10.2. The van der Waals surface area contributed by atoms with Gasteiger partial charge in [-0.3, -0.25) is 10.1 Å². The average Bonchev–Trinajstić information content (AvgIpc) is 3.47. The second-order valence-electron chi connectivity index (χ2n) is 7.00. The summed E-state index contributed by atoms with van der Waals surface area (Å²) >= 11 is 3.01. The molecule has 6 nitrogen and oxygen atoms in total. The molecule has 4 rings (SSSR count). The molecule has 0 atom stereocenters. The van der Waals surface area contributed by atoms with Crippen molar-refractivity contribution in [2.45, 2.75) is 17.7 Å². The molecule has 0 fully saturated rings. The Morgan fingerprint density at radius 2 is 1.72 bits per heavy atom. The largest absolute Gasteiger partial charge is 0.298 e. The molecule has 0 saturated carbocycles. The highest BCUT2D eigenvalue weighted by Gasteiger charge is 2.15. The van der Waals surface area contributed by atoms with Gasteiger partial charge in [0.1, 0.15) is 0 Å². The van der Waals surface area contributed by atoms with E-state index in [2.05, 4.69) is 15.0 Å². The summed E-state index contributed by atoms with van der Waals surface area (Å²) in [5.41, 5.74) is 1.54. The van der Waals surface area contributed by atoms with E-state index in [0.717, 1.165) is 16.2 Å². The fraction of sp³-hybridized carbons (Fsp3) is 0.130. The van der Waals surface area contributed by atoms with Gasteiger partial charge in [-0.05, 0) is 47.7 Å². The Balaban J connectivity index is 1.33. The Labute approximate surface area is 195 Å². The molecule has 164 valence electrons. The van der Waals surface area contributed by atoms with Crippen molar-refractivity contribution < 1.29 is 13.2 Å². The standard InChI is InChI=1S/C23H21N3O3S3/c27-22(26-23-24-16-20(31-23)15-17-5-2-1-3-6-17)18-8-10-21(11-9-18)32(28,29)25-13-12-19-7-4-14-30-19/h1-11,14,16,25H,12-13,15H2,(H,24,26,27). The van der Waals surface area contributed by atoms with E-state index in [-0.39, 0.29) is 10.8 Å². The van der Waals surface area contributed by atoms with Crippen LogP contribution < -0.4 is 10.0 Å². The molecule has 32 heavy (non-hydrogen) atoms. The van der Waals surface area contributed by atoms with Crippen molar-refractivity contribution in [2.75, 3.05) is 11.9 Å². The topological polar surface area (TPSA) is 88.2 Å². The van der Waals surface area contributed by atoms with E-state index in [1.807, 2.05) is 47.8 Å². The number of hydrogen-bond donors (Lipinski definition) is 2. The zero-order valence-corrected chi connectivity index (χ0v) is 19.5. The highest BCUT2D eigenvalue weighted by Crippen LogP contribution is 2.22. The lowest BCUT2D eigenvalue weighted by Crippen LogP contribution is -2.26. The van der Waals surface area contributed by atoms with Crippen LogP contribution >= 0.6 is 22.7 Å². The first kappa shape index (κ1) is 22.3. The lowest BCUT2D eigenvalue weighted by molar-refractivity contribution is 0.102. The van der Waals surface area contributed by atoms with Gasteiger partial charge in [0.05, 0.1) is 4.90 Å². The maximum absolute atomic E-state index is 12.5. The molecule has 2 N–H and O–H groups in total. The highest BCUT2D eigenvalue weighted by molar-refractivity contribution is 7.89. The molecule has 0 saturated heterocycles. The fourth-order valence-electron chi connectivity index (χ4n) is 3.05. The highest BCUT2D eigenvalue weighted by atomic mass is 32.2. The van der Waals surface area contributed by atoms with Crippen LogP contribution in [0.15, 0.2) is 83.2 Å². The van der Waals surface area contributed by atoms with Gasteiger partial charge >= 0.3 is 0 Å². The third-order valence-corrected chi connectivity index (χ3v) is 7.99. The Morgan fingerprint density at radius 3 is 2.44 bits per heavy atom. The number of aromatic nitrogens is 1. The average molecular weight is 484 g/mol. The molecule has 0 aliphatic heterocycles. The van der Waals surface area contributed by atoms with Crippen molar-refractivity contribution in [3.63, 3.8) is 0 Å². The predicted octanol–water partition coefficient (Wildman–Crippen LogP) is 4.57. The Morgan fingerprint density at radius 1 is 0.938 bits per heavy atom. The molecule has 4 aromatic rings. The Bertz CT molecular complexity index is 1270. The first-order valence-electron chi connectivity index (χ1n) is 9.92. The van der Waals surface area contributed by atoms with Crippen LogP contribution in [0.25, 0.3) is 0 Å². The smallest absolute Gasteiger partial charge is 0.257 e. The number of rotatable bonds is 9. The zero-order valence-electron chi connectivity index (χ0n) is 17.0. The summed E-state index contributed by atoms with van der Waals surface area (Å²) in [5, 5.41) is 5.25. The van der Waals surface area contributed by atoms with Crippen LogP contribution in [-0.4, -0.2) is 25.9 Å². The van der Waals surface area contributed by atoms with Crippen molar-refractivity contribution in [3.05, 3.63) is 99.2 Å². The van der Waals surface area contributed by atoms with Gasteiger partial charge in [-0.1, -0.05) is 36.4 Å². The van der Waals surface area contributed by atoms with Gasteiger partial charge in [0.15, 0.2) is 5.13 Å². The molecular weight excluding hydrogens is 462 g/mol. The Hall–Kier alpha value is -2.85. The number of thiazole rings is 1. The first-order valence-corrected chi connectivity index (χ1v) is 13.1. The molecule has 2 aromatic carbocycles. The number of thiophene rings is 1. The van der Waals surface area contributed by atoms with Gasteiger partial charge in [0.2, 0.25) is 10.0 Å². The SMILES string of the molecule is O=C(Nc1ncc(Cc2ccccc2)s1)c1ccc(S(=O)(=O)NCCc2cccs2)cc1. The van der Waals surface area contributed by atoms with Gasteiger partial charge in [-0.25, -0.2) is 18.1 Å². The van der Waals surface area contributed by atoms with E-state index in [1.54, 1.807) is 17.5 Å². The number of anilines is 1. The number of nitrogens with zero attached hydrogens (tertiary/aromatic N) is 1. The van der Waals surface area contributed by atoms with Crippen molar-refractivity contribution in [1.82, 2.24) is 9.71 Å². The molecule has 0 unspecified atom stereocenters. The maximum Gasteiger partial charge on any atom is 0.257 e. The summed E-state index contributed by atoms with van der Waals surface area (Å²) in [7, 11) is -3.63. The molecule has 2 aromatic heterocycles. The van der Waals surface area contributed by atoms with Gasteiger partial charge < -0.3 is 0 Å². The second-order valence-corrected chi connectivity index (χ2v) is 10.9. The van der Waals surface area contributed by atoms with Gasteiger partial charge in [-0.15, -0.1) is 22.7 Å². The third-order valence-electron chi connectivity index (χ3n) is 4.67. The van der Waals surface area contributed by atoms with Crippen molar-refractivity contribution in [1.29, 1.82) is 0 Å². The summed E-state index contributed by atoms with van der Waals surface area (Å²) in [6.07, 6.45) is 3.14. The lowest BCUT2D eigenvalue weighted by Gasteiger charge is -2.07. The summed E-state index contributed by atoms with van der Waals surface area (Å²) < 4.78 is 27.5. The lowest BCUT2D eigenvalue weighted by atomic mass is 10.1. The third kappa shape index (κ3) is 5.89. The van der Waals surface area contributed by atoms with Crippen LogP contribution in [0, 0.1) is 0 Å². The molecule has 0 bridgehead atoms. The van der Waals surface area contributed by atoms with E-state index in [9.17, 15) is 13.2 Å². The van der Waals surface area contributed by atoms with E-state index < -0.39 is 10.0 Å². The molecule has 0 radical (unpaired) electrons. The van der Waals surface area contributed by atoms with E-state index >= 15 is 0 Å². The quantitative estimate of drug-likeness (QED) is 0.365. The molecule has 0 aliphatic carbocycles. The van der Waals surface area contributed by atoms with E-state index in [1.165, 1.54) is 41.2 Å². The monoisotopic (exact) mass is 483 g/mol. The van der Waals surface area contributed by atoms with Crippen LogP contribution in [0.3, 0.4) is 0 Å². The number of hydrogen-bond acceptors (Lipinski definition) is 6. The zero-order chi connectivity index (χ0) is 22.4. The number of benzene rings is 2. The number of carbonyl (C=O) groups is 1. The summed E-state index contributed by atoms with van der Waals surface area (Å²) in [6.45, 7) is 0.320. The summed E-state index contributed by atoms with van der Waals surface area (Å²) in [6, 6.07) is 19.8. The van der Waals surface area contributed by atoms with Gasteiger partial charge in [0, 0.05) is 34.5 Å². The number of sulfonamides is 1. The van der Waals surface area contributed by atoms with Crippen LogP contribution in [0.1, 0.15) is 25.7 Å². The van der Waals surface area contributed by atoms with Crippen LogP contribution in [0.4, 0.5) is 5.13 Å². The molecule has 0 spiro atoms. The molecular formula is C23H21N3O3S3. The minimum atomic E-state index is -3.63. The summed E-state index contributed by atoms with van der Waals surface area (Å²) in [4.78, 5) is 19.1. The minimum Gasteiger partial charge on any atom is -0.298 e. The number of carbonyl (C=O) groups excluding carboxylic acids is 1. The molecule has 2 heterocycles. The molecule has 0 aliphatic rings. The van der Waals surface area contributed by atoms with Crippen LogP contribution in [0.2, 0.25) is 0 Å². The number of amides is 1. The van der Waals surface area contributed by atoms with Gasteiger partial charge in [-0.2, -0.15) is 0 Å². The minimum absolute atomic E-state index is 0.125. The van der Waals surface area contributed by atoms with Crippen LogP contribution in [0.5, 0.6) is 0 Å². The first-order chi connectivity index (χ1) is 15.5. The summed E-state index contributed by atoms with van der Waals surface area (Å²) in [5.74, 6) is -0.333. The number of nitrogens with one attached hydrogen (secondary N) is 2. The van der Waals surface area contributed by atoms with E-state index in [0.29, 0.717) is 23.7 Å². The van der Waals surface area contributed by atoms with Crippen LogP contribution in [-0.2, 0) is 22.9 Å². The van der Waals surface area contributed by atoms with Crippen molar-refractivity contribution >= 4 is 43.7 Å². The maximum atomic E-state index is 12.5. The van der Waals surface area contributed by atoms with Crippen molar-refractivity contribution in [3.8, 4) is 0 Å². The van der Waals surface area contributed by atoms with Gasteiger partial charge in [0.25, 0.3) is 5.91 Å². The molecule has 9 heteroatoms. The molecule has 1 amide bonds. The fourth-order valence-corrected chi connectivity index (χ4v) is 5.63. The van der Waals surface area contributed by atoms with Crippen molar-refractivity contribution in [2.24, 2.45) is 0 Å². The predicted molar refractivity (Wildman–Crippen MR) is 129 cm³/mol. The van der Waals surface area contributed by atoms with E-state index in [4.69, 9.17) is 0 Å². The normalized spacial score (nSPS) is 11.4. The Kier molecular flexibility index (Phi) is 7.11.